The summed E-state index contributed by atoms with van der Waals surface area (Å²) in [5, 5.41) is 14.1. The summed E-state index contributed by atoms with van der Waals surface area (Å²) in [5.41, 5.74) is 16.7. The van der Waals surface area contributed by atoms with E-state index in [9.17, 15) is 19.5 Å². The van der Waals surface area contributed by atoms with Gasteiger partial charge in [-0.1, -0.05) is 0 Å². The van der Waals surface area contributed by atoms with E-state index in [2.05, 4.69) is 38.2 Å². The third kappa shape index (κ3) is 8.26. The zero-order valence-corrected chi connectivity index (χ0v) is 16.1. The van der Waals surface area contributed by atoms with Crippen molar-refractivity contribution in [2.45, 2.75) is 37.4 Å². The minimum Gasteiger partial charge on any atom is -0.480 e. The molecule has 1 heterocycles. The van der Waals surface area contributed by atoms with E-state index < -0.39 is 35.9 Å². The maximum absolute atomic E-state index is 12.4. The van der Waals surface area contributed by atoms with E-state index in [1.807, 2.05) is 0 Å². The number of aliphatic carboxylic acids is 1. The predicted octanol–water partition coefficient (Wildman–Crippen LogP) is -2.68. The lowest BCUT2D eigenvalue weighted by Gasteiger charge is -2.21. The number of nitrogens with one attached hydrogen (secondary N) is 3. The van der Waals surface area contributed by atoms with Crippen LogP contribution in [-0.2, 0) is 20.8 Å². The van der Waals surface area contributed by atoms with Crippen molar-refractivity contribution in [3.63, 3.8) is 0 Å². The fourth-order valence-electron chi connectivity index (χ4n) is 2.21. The van der Waals surface area contributed by atoms with Gasteiger partial charge in [-0.2, -0.15) is 12.6 Å². The van der Waals surface area contributed by atoms with E-state index >= 15 is 0 Å². The van der Waals surface area contributed by atoms with Gasteiger partial charge in [0.25, 0.3) is 0 Å². The molecule has 0 aliphatic carbocycles. The van der Waals surface area contributed by atoms with Crippen molar-refractivity contribution < 1.29 is 19.5 Å². The Bertz CT molecular complexity index is 678. The second kappa shape index (κ2) is 11.8. The summed E-state index contributed by atoms with van der Waals surface area (Å²) in [5.74, 6) is -2.53. The third-order valence-corrected chi connectivity index (χ3v) is 4.08. The zero-order valence-electron chi connectivity index (χ0n) is 15.2. The highest BCUT2D eigenvalue weighted by atomic mass is 32.1. The largest absolute Gasteiger partial charge is 0.480 e. The molecule has 0 saturated heterocycles. The van der Waals surface area contributed by atoms with E-state index in [0.29, 0.717) is 25.1 Å². The molecule has 1 aromatic heterocycles. The molecule has 2 amide bonds. The van der Waals surface area contributed by atoms with Crippen molar-refractivity contribution in [2.75, 3.05) is 12.3 Å². The number of aromatic amines is 1. The first kappa shape index (κ1) is 23.2. The van der Waals surface area contributed by atoms with Crippen molar-refractivity contribution in [1.29, 1.82) is 0 Å². The first-order valence-corrected chi connectivity index (χ1v) is 9.10. The van der Waals surface area contributed by atoms with Gasteiger partial charge in [0, 0.05) is 30.6 Å². The molecule has 0 spiro atoms. The van der Waals surface area contributed by atoms with E-state index in [1.54, 1.807) is 0 Å². The highest BCUT2D eigenvalue weighted by molar-refractivity contribution is 7.80. The number of nitrogens with two attached hydrogens (primary N) is 3. The third-order valence-electron chi connectivity index (χ3n) is 3.71. The molecule has 0 unspecified atom stereocenters. The Morgan fingerprint density at radius 1 is 1.25 bits per heavy atom. The molecule has 0 aromatic carbocycles. The van der Waals surface area contributed by atoms with Gasteiger partial charge in [-0.05, 0) is 12.8 Å². The number of thiol groups is 1. The first-order valence-electron chi connectivity index (χ1n) is 8.47. The van der Waals surface area contributed by atoms with E-state index in [4.69, 9.17) is 17.2 Å². The Morgan fingerprint density at radius 3 is 2.46 bits per heavy atom. The van der Waals surface area contributed by atoms with E-state index in [-0.39, 0.29) is 18.1 Å². The number of rotatable bonds is 12. The summed E-state index contributed by atoms with van der Waals surface area (Å²) in [6.07, 6.45) is 3.66. The molecular formula is C15H26N8O4S. The number of aliphatic imine (C=N–C) groups is 1. The number of aromatic nitrogens is 2. The summed E-state index contributed by atoms with van der Waals surface area (Å²) >= 11 is 4.04. The molecule has 0 fully saturated rings. The van der Waals surface area contributed by atoms with Gasteiger partial charge in [-0.15, -0.1) is 0 Å². The lowest BCUT2D eigenvalue weighted by molar-refractivity contribution is -0.142. The lowest BCUT2D eigenvalue weighted by atomic mass is 10.1. The normalized spacial score (nSPS) is 13.8. The van der Waals surface area contributed by atoms with Gasteiger partial charge in [-0.25, -0.2) is 9.78 Å². The lowest BCUT2D eigenvalue weighted by Crippen LogP contribution is -2.55. The average Bonchev–Trinajstić information content (AvgIpc) is 3.14. The number of guanidine groups is 1. The highest BCUT2D eigenvalue weighted by Gasteiger charge is 2.27. The number of hydrogen-bond donors (Lipinski definition) is 8. The Labute approximate surface area is 167 Å². The van der Waals surface area contributed by atoms with Crippen molar-refractivity contribution >= 4 is 36.4 Å². The summed E-state index contributed by atoms with van der Waals surface area (Å²) in [6, 6.07) is -3.10. The van der Waals surface area contributed by atoms with Gasteiger partial charge in [0.2, 0.25) is 11.8 Å². The molecule has 3 atom stereocenters. The quantitative estimate of drug-likeness (QED) is 0.0778. The molecule has 156 valence electrons. The van der Waals surface area contributed by atoms with Crippen LogP contribution in [0.4, 0.5) is 0 Å². The molecule has 28 heavy (non-hydrogen) atoms. The number of carboxylic acid groups (broad SMARTS) is 1. The second-order valence-electron chi connectivity index (χ2n) is 5.98. The summed E-state index contributed by atoms with van der Waals surface area (Å²) in [4.78, 5) is 46.3. The van der Waals surface area contributed by atoms with Gasteiger partial charge in [0.05, 0.1) is 12.4 Å². The number of hydrogen-bond acceptors (Lipinski definition) is 7. The molecule has 12 nitrogen and oxygen atoms in total. The summed E-state index contributed by atoms with van der Waals surface area (Å²) < 4.78 is 0. The van der Waals surface area contributed by atoms with Crippen LogP contribution < -0.4 is 27.8 Å². The molecule has 10 N–H and O–H groups in total. The van der Waals surface area contributed by atoms with E-state index in [0.717, 1.165) is 0 Å². The van der Waals surface area contributed by atoms with Crippen LogP contribution in [0.5, 0.6) is 0 Å². The van der Waals surface area contributed by atoms with Crippen LogP contribution in [0.1, 0.15) is 18.5 Å². The average molecular weight is 414 g/mol. The molecule has 0 aliphatic heterocycles. The van der Waals surface area contributed by atoms with Gasteiger partial charge >= 0.3 is 5.97 Å². The van der Waals surface area contributed by atoms with Crippen LogP contribution in [0.25, 0.3) is 0 Å². The van der Waals surface area contributed by atoms with Crippen molar-refractivity contribution in [1.82, 2.24) is 20.6 Å². The molecule has 1 aromatic rings. The van der Waals surface area contributed by atoms with Gasteiger partial charge in [0.15, 0.2) is 5.96 Å². The van der Waals surface area contributed by atoms with Crippen molar-refractivity contribution in [3.8, 4) is 0 Å². The fourth-order valence-corrected chi connectivity index (χ4v) is 2.47. The molecule has 13 heteroatoms. The number of amides is 2. The zero-order chi connectivity index (χ0) is 21.1. The molecule has 0 saturated carbocycles. The number of H-pyrrole nitrogens is 1. The number of carboxylic acids is 1. The number of imidazole rings is 1. The van der Waals surface area contributed by atoms with Crippen LogP contribution in [0.2, 0.25) is 0 Å². The first-order chi connectivity index (χ1) is 13.2. The molecule has 1 rings (SSSR count). The van der Waals surface area contributed by atoms with Crippen LogP contribution in [-0.4, -0.2) is 69.2 Å². The van der Waals surface area contributed by atoms with E-state index in [1.165, 1.54) is 12.5 Å². The van der Waals surface area contributed by atoms with Crippen LogP contribution in [0.15, 0.2) is 17.5 Å². The van der Waals surface area contributed by atoms with Gasteiger partial charge < -0.3 is 37.9 Å². The van der Waals surface area contributed by atoms with Crippen LogP contribution >= 0.6 is 12.6 Å². The molecule has 0 aliphatic rings. The van der Waals surface area contributed by atoms with Gasteiger partial charge in [0.1, 0.15) is 12.1 Å². The fraction of sp³-hybridized carbons (Fsp3) is 0.533. The van der Waals surface area contributed by atoms with Crippen molar-refractivity contribution in [2.24, 2.45) is 22.2 Å². The minimum absolute atomic E-state index is 0.0125. The molecule has 0 radical (unpaired) electrons. The monoisotopic (exact) mass is 414 g/mol. The SMILES string of the molecule is NC(N)=NCCC[C@H](N)C(=O)N[C@@H](CS)C(=O)N[C@@H](Cc1cnc[nH]1)C(=O)O. The number of carbonyl (C=O) groups excluding carboxylic acids is 2. The molecular weight excluding hydrogens is 388 g/mol. The smallest absolute Gasteiger partial charge is 0.326 e. The second-order valence-corrected chi connectivity index (χ2v) is 6.34. The number of carbonyl (C=O) groups is 3. The maximum Gasteiger partial charge on any atom is 0.326 e. The standard InChI is InChI=1S/C15H26N8O4S/c16-9(2-1-3-20-15(17)18)12(24)23-11(6-28)13(25)22-10(14(26)27)4-8-5-19-7-21-8/h5,7,9-11,28H,1-4,6,16H2,(H,19,21)(H,22,25)(H,23,24)(H,26,27)(H4,17,18,20)/t9-,10-,11-/m0/s1. The predicted molar refractivity (Wildman–Crippen MR) is 106 cm³/mol. The van der Waals surface area contributed by atoms with Crippen LogP contribution in [0.3, 0.4) is 0 Å². The number of nitrogens with zero attached hydrogens (tertiary/aromatic N) is 2. The summed E-state index contributed by atoms with van der Waals surface area (Å²) in [6.45, 7) is 0.327. The van der Waals surface area contributed by atoms with Crippen LogP contribution in [0, 0.1) is 0 Å². The van der Waals surface area contributed by atoms with Gasteiger partial charge in [-0.3, -0.25) is 14.6 Å². The minimum atomic E-state index is -1.22. The molecule has 0 bridgehead atoms. The summed E-state index contributed by atoms with van der Waals surface area (Å²) in [7, 11) is 0. The topological polar surface area (TPSA) is 215 Å². The Morgan fingerprint density at radius 2 is 1.93 bits per heavy atom. The maximum atomic E-state index is 12.4. The Balaban J connectivity index is 2.57. The van der Waals surface area contributed by atoms with Crippen molar-refractivity contribution in [3.05, 3.63) is 18.2 Å². The highest BCUT2D eigenvalue weighted by Crippen LogP contribution is 2.01. The Kier molecular flexibility index (Phi) is 9.81. The Hall–Kier alpha value is -2.80.